The number of phenols is 1. The minimum Gasteiger partial charge on any atom is -0.502 e. The standard InChI is InChI=1S/C24H21ClN2O6/c1-2-33-24(30)15-6-9-19(10-7-15)26-20(16-4-3-5-18(25)12-16)14-23(29)17-8-11-22(28)21(13-17)27(31)32/h3-13,20,26,28H,2,14H2,1H3. The van der Waals surface area contributed by atoms with Gasteiger partial charge in [0, 0.05) is 28.8 Å². The second-order valence-corrected chi connectivity index (χ2v) is 7.57. The van der Waals surface area contributed by atoms with Crippen molar-refractivity contribution in [2.45, 2.75) is 19.4 Å². The molecule has 8 nitrogen and oxygen atoms in total. The van der Waals surface area contributed by atoms with Gasteiger partial charge in [-0.15, -0.1) is 0 Å². The monoisotopic (exact) mass is 468 g/mol. The van der Waals surface area contributed by atoms with Crippen LogP contribution >= 0.6 is 11.6 Å². The quantitative estimate of drug-likeness (QED) is 0.183. The molecule has 0 fully saturated rings. The maximum Gasteiger partial charge on any atom is 0.338 e. The van der Waals surface area contributed by atoms with E-state index in [9.17, 15) is 24.8 Å². The van der Waals surface area contributed by atoms with E-state index in [1.54, 1.807) is 49.4 Å². The van der Waals surface area contributed by atoms with Gasteiger partial charge in [0.05, 0.1) is 23.1 Å². The fraction of sp³-hybridized carbons (Fsp3) is 0.167. The molecule has 1 atom stereocenters. The topological polar surface area (TPSA) is 119 Å². The van der Waals surface area contributed by atoms with E-state index in [2.05, 4.69) is 5.32 Å². The lowest BCUT2D eigenvalue weighted by Gasteiger charge is -2.20. The molecule has 0 saturated heterocycles. The lowest BCUT2D eigenvalue weighted by Crippen LogP contribution is -2.16. The first kappa shape index (κ1) is 23.7. The number of ether oxygens (including phenoxy) is 1. The summed E-state index contributed by atoms with van der Waals surface area (Å²) in [4.78, 5) is 35.2. The summed E-state index contributed by atoms with van der Waals surface area (Å²) >= 11 is 6.14. The molecule has 3 aromatic rings. The Labute approximate surface area is 194 Å². The van der Waals surface area contributed by atoms with Crippen LogP contribution in [0.5, 0.6) is 5.75 Å². The lowest BCUT2D eigenvalue weighted by atomic mass is 9.97. The highest BCUT2D eigenvalue weighted by molar-refractivity contribution is 6.30. The van der Waals surface area contributed by atoms with Crippen LogP contribution in [0.2, 0.25) is 5.02 Å². The summed E-state index contributed by atoms with van der Waals surface area (Å²) in [5, 5.41) is 24.5. The number of carbonyl (C=O) groups excluding carboxylic acids is 2. The highest BCUT2D eigenvalue weighted by atomic mass is 35.5. The molecule has 0 amide bonds. The van der Waals surface area contributed by atoms with Gasteiger partial charge in [0.15, 0.2) is 11.5 Å². The number of nitrogens with zero attached hydrogens (tertiary/aromatic N) is 1. The first-order valence-corrected chi connectivity index (χ1v) is 10.5. The molecule has 2 N–H and O–H groups in total. The smallest absolute Gasteiger partial charge is 0.338 e. The van der Waals surface area contributed by atoms with Crippen molar-refractivity contribution in [1.82, 2.24) is 0 Å². The Kier molecular flexibility index (Phi) is 7.63. The second kappa shape index (κ2) is 10.6. The molecular formula is C24H21ClN2O6. The van der Waals surface area contributed by atoms with Crippen molar-refractivity contribution in [1.29, 1.82) is 0 Å². The largest absolute Gasteiger partial charge is 0.502 e. The van der Waals surface area contributed by atoms with E-state index in [1.165, 1.54) is 6.07 Å². The van der Waals surface area contributed by atoms with Gasteiger partial charge in [0.2, 0.25) is 0 Å². The fourth-order valence-corrected chi connectivity index (χ4v) is 3.44. The SMILES string of the molecule is CCOC(=O)c1ccc(NC(CC(=O)c2ccc(O)c([N+](=O)[O-])c2)c2cccc(Cl)c2)cc1. The van der Waals surface area contributed by atoms with Gasteiger partial charge >= 0.3 is 11.7 Å². The maximum absolute atomic E-state index is 13.0. The minimum absolute atomic E-state index is 0.0398. The number of ketones is 1. The average molecular weight is 469 g/mol. The molecule has 170 valence electrons. The number of hydrogen-bond donors (Lipinski definition) is 2. The maximum atomic E-state index is 13.0. The summed E-state index contributed by atoms with van der Waals surface area (Å²) in [7, 11) is 0. The summed E-state index contributed by atoms with van der Waals surface area (Å²) in [5.74, 6) is -1.30. The Morgan fingerprint density at radius 2 is 1.79 bits per heavy atom. The van der Waals surface area contributed by atoms with Gasteiger partial charge < -0.3 is 15.2 Å². The van der Waals surface area contributed by atoms with Crippen LogP contribution in [0.25, 0.3) is 0 Å². The van der Waals surface area contributed by atoms with Crippen molar-refractivity contribution in [2.75, 3.05) is 11.9 Å². The number of phenolic OH excluding ortho intramolecular Hbond substituents is 1. The van der Waals surface area contributed by atoms with E-state index in [0.29, 0.717) is 16.3 Å². The third-order valence-electron chi connectivity index (χ3n) is 4.87. The Morgan fingerprint density at radius 1 is 1.09 bits per heavy atom. The molecule has 9 heteroatoms. The van der Waals surface area contributed by atoms with Crippen molar-refractivity contribution in [3.8, 4) is 5.75 Å². The van der Waals surface area contributed by atoms with Crippen LogP contribution in [0.4, 0.5) is 11.4 Å². The fourth-order valence-electron chi connectivity index (χ4n) is 3.24. The van der Waals surface area contributed by atoms with E-state index in [-0.39, 0.29) is 24.4 Å². The molecule has 1 unspecified atom stereocenters. The van der Waals surface area contributed by atoms with Crippen LogP contribution in [-0.2, 0) is 4.74 Å². The first-order valence-electron chi connectivity index (χ1n) is 10.1. The van der Waals surface area contributed by atoms with E-state index < -0.39 is 28.4 Å². The van der Waals surface area contributed by atoms with E-state index in [1.807, 2.05) is 6.07 Å². The molecule has 0 heterocycles. The molecule has 0 spiro atoms. The van der Waals surface area contributed by atoms with Gasteiger partial charge in [-0.1, -0.05) is 23.7 Å². The number of benzene rings is 3. The van der Waals surface area contributed by atoms with Crippen molar-refractivity contribution >= 4 is 34.7 Å². The third kappa shape index (κ3) is 6.08. The van der Waals surface area contributed by atoms with Crippen LogP contribution in [-0.4, -0.2) is 28.4 Å². The highest BCUT2D eigenvalue weighted by Crippen LogP contribution is 2.30. The van der Waals surface area contributed by atoms with E-state index in [0.717, 1.165) is 17.7 Å². The number of hydrogen-bond acceptors (Lipinski definition) is 7. The zero-order chi connectivity index (χ0) is 24.0. The predicted octanol–water partition coefficient (Wildman–Crippen LogP) is 5.56. The molecule has 0 saturated carbocycles. The number of nitrogens with one attached hydrogen (secondary N) is 1. The number of carbonyl (C=O) groups is 2. The van der Waals surface area contributed by atoms with Gasteiger partial charge in [-0.05, 0) is 61.0 Å². The number of Topliss-reactive ketones (excluding diaryl/α,β-unsaturated/α-hetero) is 1. The van der Waals surface area contributed by atoms with Crippen molar-refractivity contribution in [3.05, 3.63) is 98.6 Å². The number of nitro benzene ring substituents is 1. The molecule has 0 aromatic heterocycles. The van der Waals surface area contributed by atoms with Gasteiger partial charge in [0.1, 0.15) is 0 Å². The number of aromatic hydroxyl groups is 1. The zero-order valence-corrected chi connectivity index (χ0v) is 18.4. The van der Waals surface area contributed by atoms with E-state index in [4.69, 9.17) is 16.3 Å². The second-order valence-electron chi connectivity index (χ2n) is 7.14. The van der Waals surface area contributed by atoms with Crippen LogP contribution in [0, 0.1) is 10.1 Å². The highest BCUT2D eigenvalue weighted by Gasteiger charge is 2.21. The zero-order valence-electron chi connectivity index (χ0n) is 17.7. The number of esters is 1. The van der Waals surface area contributed by atoms with Gasteiger partial charge in [-0.3, -0.25) is 14.9 Å². The average Bonchev–Trinajstić information content (AvgIpc) is 2.79. The molecular weight excluding hydrogens is 448 g/mol. The summed E-state index contributed by atoms with van der Waals surface area (Å²) in [6.07, 6.45) is -0.0398. The Morgan fingerprint density at radius 3 is 2.42 bits per heavy atom. The summed E-state index contributed by atoms with van der Waals surface area (Å²) in [6.45, 7) is 2.00. The summed E-state index contributed by atoms with van der Waals surface area (Å²) < 4.78 is 4.98. The Bertz CT molecular complexity index is 1180. The van der Waals surface area contributed by atoms with Crippen molar-refractivity contribution in [2.24, 2.45) is 0 Å². The molecule has 0 radical (unpaired) electrons. The molecule has 0 bridgehead atoms. The molecule has 0 aliphatic heterocycles. The van der Waals surface area contributed by atoms with Crippen LogP contribution in [0.1, 0.15) is 45.7 Å². The lowest BCUT2D eigenvalue weighted by molar-refractivity contribution is -0.385. The Balaban J connectivity index is 1.86. The summed E-state index contributed by atoms with van der Waals surface area (Å²) in [5.41, 5.74) is 1.35. The van der Waals surface area contributed by atoms with E-state index >= 15 is 0 Å². The molecule has 3 aromatic carbocycles. The number of nitro groups is 1. The molecule has 0 aliphatic rings. The van der Waals surface area contributed by atoms with Crippen LogP contribution in [0.15, 0.2) is 66.7 Å². The number of rotatable bonds is 9. The number of anilines is 1. The van der Waals surface area contributed by atoms with Crippen LogP contribution in [0.3, 0.4) is 0 Å². The predicted molar refractivity (Wildman–Crippen MR) is 124 cm³/mol. The molecule has 3 rings (SSSR count). The van der Waals surface area contributed by atoms with Crippen molar-refractivity contribution < 1.29 is 24.4 Å². The normalized spacial score (nSPS) is 11.5. The van der Waals surface area contributed by atoms with Gasteiger partial charge in [-0.2, -0.15) is 0 Å². The third-order valence-corrected chi connectivity index (χ3v) is 5.11. The van der Waals surface area contributed by atoms with Gasteiger partial charge in [-0.25, -0.2) is 4.79 Å². The van der Waals surface area contributed by atoms with Crippen molar-refractivity contribution in [3.63, 3.8) is 0 Å². The Hall–Kier alpha value is -3.91. The number of halogens is 1. The molecule has 33 heavy (non-hydrogen) atoms. The first-order chi connectivity index (χ1) is 15.8. The van der Waals surface area contributed by atoms with Gasteiger partial charge in [0.25, 0.3) is 0 Å². The summed E-state index contributed by atoms with van der Waals surface area (Å²) in [6, 6.07) is 16.6. The molecule has 0 aliphatic carbocycles. The van der Waals surface area contributed by atoms with Crippen LogP contribution < -0.4 is 5.32 Å². The minimum atomic E-state index is -0.746.